The molecule has 0 radical (unpaired) electrons. The summed E-state index contributed by atoms with van der Waals surface area (Å²) in [7, 11) is 3.59. The highest BCUT2D eigenvalue weighted by molar-refractivity contribution is 7.74. The number of hydrogen-bond donors (Lipinski definition) is 0. The normalized spacial score (nSPS) is 11.8. The summed E-state index contributed by atoms with van der Waals surface area (Å²) in [5, 5.41) is 0. The van der Waals surface area contributed by atoms with Gasteiger partial charge in [0.05, 0.1) is 13.2 Å². The van der Waals surface area contributed by atoms with Crippen molar-refractivity contribution < 1.29 is 23.9 Å². The second-order valence-electron chi connectivity index (χ2n) is 19.9. The molecule has 0 aromatic rings. The van der Waals surface area contributed by atoms with Crippen LogP contribution < -0.4 is 0 Å². The third-order valence-electron chi connectivity index (χ3n) is 13.4. The van der Waals surface area contributed by atoms with Crippen molar-refractivity contribution in [3.05, 3.63) is 0 Å². The maximum absolute atomic E-state index is 13.3. The van der Waals surface area contributed by atoms with Gasteiger partial charge in [-0.05, 0) is 111 Å². The van der Waals surface area contributed by atoms with Gasteiger partial charge in [-0.25, -0.2) is 0 Å². The second-order valence-corrected chi connectivity index (χ2v) is 22.4. The molecule has 6 nitrogen and oxygen atoms in total. The molecular formula is C56H110NO5P. The molecule has 0 fully saturated rings. The quantitative estimate of drug-likeness (QED) is 0.0344. The van der Waals surface area contributed by atoms with Crippen LogP contribution in [0.25, 0.3) is 0 Å². The Morgan fingerprint density at radius 3 is 1.05 bits per heavy atom. The van der Waals surface area contributed by atoms with Gasteiger partial charge in [-0.3, -0.25) is 14.4 Å². The average Bonchev–Trinajstić information content (AvgIpc) is 3.26. The number of esters is 2. The molecule has 0 aliphatic heterocycles. The molecule has 0 aliphatic rings. The van der Waals surface area contributed by atoms with Gasteiger partial charge in [0, 0.05) is 19.3 Å². The Hall–Kier alpha value is -1.00. The van der Waals surface area contributed by atoms with Crippen molar-refractivity contribution in [1.82, 2.24) is 4.90 Å². The van der Waals surface area contributed by atoms with E-state index in [-0.39, 0.29) is 11.9 Å². The summed E-state index contributed by atoms with van der Waals surface area (Å²) < 4.78 is 11.2. The van der Waals surface area contributed by atoms with E-state index in [1.807, 2.05) is 0 Å². The summed E-state index contributed by atoms with van der Waals surface area (Å²) >= 11 is 0. The third kappa shape index (κ3) is 44.6. The van der Waals surface area contributed by atoms with Gasteiger partial charge in [0.15, 0.2) is 5.52 Å². The van der Waals surface area contributed by atoms with Crippen LogP contribution in [0.4, 0.5) is 0 Å². The summed E-state index contributed by atoms with van der Waals surface area (Å²) in [6, 6.07) is 0. The third-order valence-corrected chi connectivity index (χ3v) is 16.0. The predicted molar refractivity (Wildman–Crippen MR) is 276 cm³/mol. The van der Waals surface area contributed by atoms with Crippen LogP contribution in [-0.2, 0) is 23.9 Å². The number of carbonyl (C=O) groups is 3. The highest BCUT2D eigenvalue weighted by atomic mass is 31.1. The zero-order chi connectivity index (χ0) is 46.3. The van der Waals surface area contributed by atoms with Crippen molar-refractivity contribution in [1.29, 1.82) is 0 Å². The fourth-order valence-corrected chi connectivity index (χ4v) is 11.6. The van der Waals surface area contributed by atoms with Gasteiger partial charge >= 0.3 is 11.9 Å². The highest BCUT2D eigenvalue weighted by Gasteiger charge is 2.17. The molecule has 0 aliphatic carbocycles. The zero-order valence-corrected chi connectivity index (χ0v) is 44.3. The Balaban J connectivity index is 4.25. The van der Waals surface area contributed by atoms with Crippen LogP contribution in [0.15, 0.2) is 0 Å². The maximum atomic E-state index is 13.3. The highest BCUT2D eigenvalue weighted by Crippen LogP contribution is 2.41. The standard InChI is InChI=1S/C56H110NO5P/c1-7-11-15-25-38-52(39-26-16-12-8-2)42-31-33-48-61-54(58)44-29-21-19-23-35-50-63(56(60)46-37-47-57(5)6)51-36-24-20-22-30-45-55(59)62-49-34-32-43-53(40-27-17-13-9-3)41-28-18-14-10-4/h52-53H,7-51H2,1-6H3. The smallest absolute Gasteiger partial charge is 0.305 e. The first-order valence-electron chi connectivity index (χ1n) is 28.0. The van der Waals surface area contributed by atoms with E-state index in [9.17, 15) is 14.4 Å². The topological polar surface area (TPSA) is 72.9 Å². The van der Waals surface area contributed by atoms with Crippen LogP contribution in [-0.4, -0.2) is 68.5 Å². The Morgan fingerprint density at radius 1 is 0.381 bits per heavy atom. The van der Waals surface area contributed by atoms with E-state index in [1.165, 1.54) is 154 Å². The fourth-order valence-electron chi connectivity index (χ4n) is 9.16. The van der Waals surface area contributed by atoms with E-state index in [4.69, 9.17) is 9.47 Å². The molecule has 374 valence electrons. The van der Waals surface area contributed by atoms with E-state index in [0.29, 0.717) is 38.0 Å². The molecule has 0 atom stereocenters. The second kappa shape index (κ2) is 48.9. The fraction of sp³-hybridized carbons (Fsp3) is 0.946. The molecule has 0 aromatic heterocycles. The number of nitrogens with zero attached hydrogens (tertiary/aromatic N) is 1. The summed E-state index contributed by atoms with van der Waals surface area (Å²) in [5.74, 6) is 1.65. The van der Waals surface area contributed by atoms with Gasteiger partial charge in [0.1, 0.15) is 0 Å². The van der Waals surface area contributed by atoms with Crippen LogP contribution in [0.1, 0.15) is 285 Å². The van der Waals surface area contributed by atoms with E-state index in [2.05, 4.69) is 46.7 Å². The minimum absolute atomic E-state index is 0.0249. The van der Waals surface area contributed by atoms with E-state index >= 15 is 0 Å². The summed E-state index contributed by atoms with van der Waals surface area (Å²) in [6.45, 7) is 11.3. The largest absolute Gasteiger partial charge is 0.466 e. The number of rotatable bonds is 51. The molecule has 0 amide bonds. The van der Waals surface area contributed by atoms with Gasteiger partial charge in [0.2, 0.25) is 0 Å². The Bertz CT molecular complexity index is 903. The summed E-state index contributed by atoms with van der Waals surface area (Å²) in [6.07, 6.45) is 49.7. The Kier molecular flexibility index (Phi) is 48.1. The lowest BCUT2D eigenvalue weighted by Gasteiger charge is -2.17. The molecule has 0 rings (SSSR count). The van der Waals surface area contributed by atoms with Crippen molar-refractivity contribution in [2.75, 3.05) is 46.2 Å². The molecule has 0 aromatic carbocycles. The van der Waals surface area contributed by atoms with Crippen molar-refractivity contribution in [2.24, 2.45) is 11.8 Å². The molecular weight excluding hydrogens is 798 g/mol. The summed E-state index contributed by atoms with van der Waals surface area (Å²) in [5.41, 5.74) is 0.515. The van der Waals surface area contributed by atoms with Crippen LogP contribution in [0.2, 0.25) is 0 Å². The minimum atomic E-state index is -0.578. The maximum Gasteiger partial charge on any atom is 0.305 e. The van der Waals surface area contributed by atoms with Crippen LogP contribution in [0.3, 0.4) is 0 Å². The molecule has 0 unspecified atom stereocenters. The Labute approximate surface area is 395 Å². The molecule has 0 saturated carbocycles. The number of unbranched alkanes of at least 4 members (excludes halogenated alkanes) is 22. The first kappa shape index (κ1) is 62.0. The van der Waals surface area contributed by atoms with Crippen molar-refractivity contribution in [3.63, 3.8) is 0 Å². The van der Waals surface area contributed by atoms with E-state index < -0.39 is 7.92 Å². The molecule has 7 heteroatoms. The van der Waals surface area contributed by atoms with Gasteiger partial charge in [-0.1, -0.05) is 207 Å². The number of hydrogen-bond acceptors (Lipinski definition) is 6. The molecule has 0 N–H and O–H groups in total. The van der Waals surface area contributed by atoms with Crippen molar-refractivity contribution in [2.45, 2.75) is 285 Å². The lowest BCUT2D eigenvalue weighted by molar-refractivity contribution is -0.144. The predicted octanol–water partition coefficient (Wildman–Crippen LogP) is 17.6. The number of carbonyl (C=O) groups excluding carboxylic acids is 3. The first-order chi connectivity index (χ1) is 30.8. The van der Waals surface area contributed by atoms with Gasteiger partial charge in [-0.2, -0.15) is 0 Å². The monoisotopic (exact) mass is 908 g/mol. The van der Waals surface area contributed by atoms with E-state index in [1.54, 1.807) is 0 Å². The average molecular weight is 908 g/mol. The molecule has 0 saturated heterocycles. The van der Waals surface area contributed by atoms with Crippen molar-refractivity contribution in [3.8, 4) is 0 Å². The van der Waals surface area contributed by atoms with Gasteiger partial charge in [-0.15, -0.1) is 0 Å². The van der Waals surface area contributed by atoms with Gasteiger partial charge < -0.3 is 14.4 Å². The van der Waals surface area contributed by atoms with Crippen molar-refractivity contribution >= 4 is 25.4 Å². The first-order valence-corrected chi connectivity index (χ1v) is 29.7. The molecule has 0 spiro atoms. The lowest BCUT2D eigenvalue weighted by Crippen LogP contribution is -2.14. The molecule has 0 bridgehead atoms. The minimum Gasteiger partial charge on any atom is -0.466 e. The lowest BCUT2D eigenvalue weighted by atomic mass is 9.90. The van der Waals surface area contributed by atoms with Crippen LogP contribution >= 0.6 is 7.92 Å². The summed E-state index contributed by atoms with van der Waals surface area (Å²) in [4.78, 5) is 40.3. The van der Waals surface area contributed by atoms with Crippen LogP contribution in [0, 0.1) is 11.8 Å². The van der Waals surface area contributed by atoms with Gasteiger partial charge in [0.25, 0.3) is 0 Å². The number of ether oxygens (including phenoxy) is 2. The molecule has 63 heavy (non-hydrogen) atoms. The molecule has 0 heterocycles. The SMILES string of the molecule is CCCCCCC(CCCCCC)CCCCOC(=O)CCCCCCCP(CCCCCCCC(=O)OCCCCC(CCCCCC)CCCCCC)C(=O)CCCN(C)C. The Morgan fingerprint density at radius 2 is 0.698 bits per heavy atom. The van der Waals surface area contributed by atoms with E-state index in [0.717, 1.165) is 114 Å². The zero-order valence-electron chi connectivity index (χ0n) is 43.4. The van der Waals surface area contributed by atoms with Crippen LogP contribution in [0.5, 0.6) is 0 Å².